The second kappa shape index (κ2) is 6.63. The number of benzene rings is 1. The highest BCUT2D eigenvalue weighted by atomic mass is 16.4. The predicted molar refractivity (Wildman–Crippen MR) is 88.5 cm³/mol. The maximum Gasteiger partial charge on any atom is 0.310 e. The Balaban J connectivity index is 1.60. The fourth-order valence-corrected chi connectivity index (χ4v) is 3.77. The molecule has 6 nitrogen and oxygen atoms in total. The van der Waals surface area contributed by atoms with Crippen molar-refractivity contribution in [3.8, 4) is 0 Å². The molecule has 1 unspecified atom stereocenters. The number of carboxylic acids is 1. The van der Waals surface area contributed by atoms with Crippen LogP contribution in [0.2, 0.25) is 0 Å². The third-order valence-electron chi connectivity index (χ3n) is 5.07. The molecule has 6 heteroatoms. The van der Waals surface area contributed by atoms with Crippen molar-refractivity contribution in [3.63, 3.8) is 0 Å². The molecule has 128 valence electrons. The molecule has 2 fully saturated rings. The fraction of sp³-hybridized carbons (Fsp3) is 0.500. The first-order valence-corrected chi connectivity index (χ1v) is 8.38. The summed E-state index contributed by atoms with van der Waals surface area (Å²) in [4.78, 5) is 37.7. The van der Waals surface area contributed by atoms with Crippen LogP contribution >= 0.6 is 0 Å². The largest absolute Gasteiger partial charge is 0.481 e. The SMILES string of the molecule is O=C(CC1(C(=O)O)CCCC1)NC1CC(=O)N(c2ccccc2)C1. The van der Waals surface area contributed by atoms with E-state index >= 15 is 0 Å². The third-order valence-corrected chi connectivity index (χ3v) is 5.07. The van der Waals surface area contributed by atoms with E-state index in [-0.39, 0.29) is 30.7 Å². The van der Waals surface area contributed by atoms with Crippen molar-refractivity contribution in [1.29, 1.82) is 0 Å². The minimum absolute atomic E-state index is 0.00163. The van der Waals surface area contributed by atoms with E-state index in [2.05, 4.69) is 5.32 Å². The third kappa shape index (κ3) is 3.27. The lowest BCUT2D eigenvalue weighted by Crippen LogP contribution is -2.41. The first kappa shape index (κ1) is 16.5. The lowest BCUT2D eigenvalue weighted by Gasteiger charge is -2.24. The summed E-state index contributed by atoms with van der Waals surface area (Å²) in [6.45, 7) is 0.425. The van der Waals surface area contributed by atoms with Gasteiger partial charge < -0.3 is 15.3 Å². The van der Waals surface area contributed by atoms with Gasteiger partial charge in [0.1, 0.15) is 0 Å². The number of carboxylic acid groups (broad SMARTS) is 1. The number of hydrogen-bond donors (Lipinski definition) is 2. The van der Waals surface area contributed by atoms with Gasteiger partial charge in [-0.1, -0.05) is 31.0 Å². The Kier molecular flexibility index (Phi) is 4.55. The molecule has 0 spiro atoms. The quantitative estimate of drug-likeness (QED) is 0.864. The monoisotopic (exact) mass is 330 g/mol. The molecule has 1 aliphatic carbocycles. The summed E-state index contributed by atoms with van der Waals surface area (Å²) >= 11 is 0. The molecular formula is C18H22N2O4. The first-order chi connectivity index (χ1) is 11.5. The molecule has 0 radical (unpaired) electrons. The molecular weight excluding hydrogens is 308 g/mol. The van der Waals surface area contributed by atoms with Gasteiger partial charge in [-0.25, -0.2) is 0 Å². The molecule has 0 bridgehead atoms. The van der Waals surface area contributed by atoms with Gasteiger partial charge in [0.15, 0.2) is 0 Å². The number of nitrogens with one attached hydrogen (secondary N) is 1. The molecule has 1 aromatic carbocycles. The number of hydrogen-bond acceptors (Lipinski definition) is 3. The highest BCUT2D eigenvalue weighted by Crippen LogP contribution is 2.41. The second-order valence-electron chi connectivity index (χ2n) is 6.78. The number of carbonyl (C=O) groups is 3. The Morgan fingerprint density at radius 3 is 2.50 bits per heavy atom. The number of anilines is 1. The van der Waals surface area contributed by atoms with Crippen molar-refractivity contribution in [1.82, 2.24) is 5.32 Å². The highest BCUT2D eigenvalue weighted by Gasteiger charge is 2.43. The molecule has 24 heavy (non-hydrogen) atoms. The van der Waals surface area contributed by atoms with Crippen LogP contribution < -0.4 is 10.2 Å². The Morgan fingerprint density at radius 2 is 1.88 bits per heavy atom. The van der Waals surface area contributed by atoms with E-state index in [0.717, 1.165) is 18.5 Å². The summed E-state index contributed by atoms with van der Waals surface area (Å²) in [6.07, 6.45) is 3.05. The predicted octanol–water partition coefficient (Wildman–Crippen LogP) is 1.94. The van der Waals surface area contributed by atoms with Gasteiger partial charge in [0.25, 0.3) is 0 Å². The van der Waals surface area contributed by atoms with Crippen LogP contribution in [-0.4, -0.2) is 35.5 Å². The lowest BCUT2D eigenvalue weighted by atomic mass is 9.82. The first-order valence-electron chi connectivity index (χ1n) is 8.38. The van der Waals surface area contributed by atoms with E-state index in [1.165, 1.54) is 0 Å². The van der Waals surface area contributed by atoms with E-state index < -0.39 is 11.4 Å². The maximum absolute atomic E-state index is 12.3. The summed E-state index contributed by atoms with van der Waals surface area (Å²) in [7, 11) is 0. The van der Waals surface area contributed by atoms with Gasteiger partial charge in [0.2, 0.25) is 11.8 Å². The zero-order valence-corrected chi connectivity index (χ0v) is 13.5. The molecule has 1 aromatic rings. The summed E-state index contributed by atoms with van der Waals surface area (Å²) in [6, 6.07) is 9.07. The number of carbonyl (C=O) groups excluding carboxylic acids is 2. The van der Waals surface area contributed by atoms with Crippen molar-refractivity contribution in [3.05, 3.63) is 30.3 Å². The zero-order chi connectivity index (χ0) is 17.2. The smallest absolute Gasteiger partial charge is 0.310 e. The average Bonchev–Trinajstić information content (AvgIpc) is 3.16. The van der Waals surface area contributed by atoms with Gasteiger partial charge >= 0.3 is 5.97 Å². The Labute approximate surface area is 140 Å². The number of para-hydroxylation sites is 1. The zero-order valence-electron chi connectivity index (χ0n) is 13.5. The minimum Gasteiger partial charge on any atom is -0.481 e. The number of rotatable bonds is 5. The van der Waals surface area contributed by atoms with Crippen molar-refractivity contribution < 1.29 is 19.5 Å². The van der Waals surface area contributed by atoms with Crippen molar-refractivity contribution >= 4 is 23.5 Å². The highest BCUT2D eigenvalue weighted by molar-refractivity contribution is 5.97. The minimum atomic E-state index is -0.925. The molecule has 1 saturated heterocycles. The van der Waals surface area contributed by atoms with E-state index in [1.54, 1.807) is 4.90 Å². The molecule has 1 aliphatic heterocycles. The van der Waals surface area contributed by atoms with Crippen molar-refractivity contribution in [2.24, 2.45) is 5.41 Å². The maximum atomic E-state index is 12.3. The van der Waals surface area contributed by atoms with Crippen LogP contribution in [0.3, 0.4) is 0 Å². The van der Waals surface area contributed by atoms with Gasteiger partial charge in [-0.3, -0.25) is 14.4 Å². The number of nitrogens with zero attached hydrogens (tertiary/aromatic N) is 1. The summed E-state index contributed by atoms with van der Waals surface area (Å²) in [5.41, 5.74) is -0.108. The molecule has 3 rings (SSSR count). The van der Waals surface area contributed by atoms with Crippen molar-refractivity contribution in [2.45, 2.75) is 44.6 Å². The van der Waals surface area contributed by atoms with Crippen LogP contribution in [0.5, 0.6) is 0 Å². The fourth-order valence-electron chi connectivity index (χ4n) is 3.77. The number of amides is 2. The van der Waals surface area contributed by atoms with E-state index in [9.17, 15) is 19.5 Å². The molecule has 0 aromatic heterocycles. The van der Waals surface area contributed by atoms with Gasteiger partial charge in [0, 0.05) is 25.1 Å². The molecule has 1 atom stereocenters. The molecule has 1 saturated carbocycles. The van der Waals surface area contributed by atoms with Crippen LogP contribution in [0, 0.1) is 5.41 Å². The van der Waals surface area contributed by atoms with Gasteiger partial charge in [-0.05, 0) is 25.0 Å². The molecule has 2 aliphatic rings. The molecule has 1 heterocycles. The van der Waals surface area contributed by atoms with Crippen LogP contribution in [0.25, 0.3) is 0 Å². The molecule has 2 amide bonds. The van der Waals surface area contributed by atoms with Crippen LogP contribution in [0.4, 0.5) is 5.69 Å². The normalized spacial score (nSPS) is 22.6. The van der Waals surface area contributed by atoms with Crippen molar-refractivity contribution in [2.75, 3.05) is 11.4 Å². The Morgan fingerprint density at radius 1 is 1.21 bits per heavy atom. The summed E-state index contributed by atoms with van der Waals surface area (Å²) in [5, 5.41) is 12.3. The standard InChI is InChI=1S/C18H22N2O4/c21-15(11-18(17(23)24)8-4-5-9-18)19-13-10-16(22)20(12-13)14-6-2-1-3-7-14/h1-3,6-7,13H,4-5,8-12H2,(H,19,21)(H,23,24). The van der Waals surface area contributed by atoms with Gasteiger partial charge in [-0.15, -0.1) is 0 Å². The van der Waals surface area contributed by atoms with Gasteiger partial charge in [-0.2, -0.15) is 0 Å². The Bertz CT molecular complexity index is 638. The summed E-state index contributed by atoms with van der Waals surface area (Å²) in [5.74, 6) is -1.18. The average molecular weight is 330 g/mol. The van der Waals surface area contributed by atoms with E-state index in [1.807, 2.05) is 30.3 Å². The van der Waals surface area contributed by atoms with Crippen LogP contribution in [-0.2, 0) is 14.4 Å². The van der Waals surface area contributed by atoms with E-state index in [4.69, 9.17) is 0 Å². The molecule has 2 N–H and O–H groups in total. The van der Waals surface area contributed by atoms with Gasteiger partial charge in [0.05, 0.1) is 11.5 Å². The van der Waals surface area contributed by atoms with Crippen LogP contribution in [0.15, 0.2) is 30.3 Å². The Hall–Kier alpha value is -2.37. The second-order valence-corrected chi connectivity index (χ2v) is 6.78. The lowest BCUT2D eigenvalue weighted by molar-refractivity contribution is -0.151. The summed E-state index contributed by atoms with van der Waals surface area (Å²) < 4.78 is 0. The van der Waals surface area contributed by atoms with Crippen LogP contribution in [0.1, 0.15) is 38.5 Å². The number of aliphatic carboxylic acids is 1. The van der Waals surface area contributed by atoms with E-state index in [0.29, 0.717) is 19.4 Å². The topological polar surface area (TPSA) is 86.7 Å².